The lowest BCUT2D eigenvalue weighted by Gasteiger charge is -2.31. The first-order valence-electron chi connectivity index (χ1n) is 6.55. The van der Waals surface area contributed by atoms with Gasteiger partial charge in [-0.15, -0.1) is 0 Å². The highest BCUT2D eigenvalue weighted by Gasteiger charge is 2.34. The average molecular weight is 229 g/mol. The van der Waals surface area contributed by atoms with E-state index in [4.69, 9.17) is 9.84 Å². The fourth-order valence-electron chi connectivity index (χ4n) is 2.51. The molecule has 1 rings (SSSR count). The molecule has 0 spiro atoms. The van der Waals surface area contributed by atoms with Crippen molar-refractivity contribution in [3.63, 3.8) is 0 Å². The largest absolute Gasteiger partial charge is 0.396 e. The molecule has 1 heterocycles. The van der Waals surface area contributed by atoms with Gasteiger partial charge in [0.15, 0.2) is 0 Å². The van der Waals surface area contributed by atoms with Crippen molar-refractivity contribution in [2.75, 3.05) is 26.4 Å². The van der Waals surface area contributed by atoms with Gasteiger partial charge in [0, 0.05) is 31.2 Å². The Balaban J connectivity index is 2.43. The van der Waals surface area contributed by atoms with Gasteiger partial charge in [-0.05, 0) is 25.2 Å². The third kappa shape index (κ3) is 3.72. The topological polar surface area (TPSA) is 41.5 Å². The van der Waals surface area contributed by atoms with Crippen LogP contribution in [0.1, 0.15) is 40.0 Å². The third-order valence-electron chi connectivity index (χ3n) is 3.81. The molecule has 0 saturated carbocycles. The third-order valence-corrected chi connectivity index (χ3v) is 3.81. The van der Waals surface area contributed by atoms with Crippen molar-refractivity contribution in [1.82, 2.24) is 5.32 Å². The highest BCUT2D eigenvalue weighted by Crippen LogP contribution is 2.31. The number of ether oxygens (including phenoxy) is 1. The first kappa shape index (κ1) is 13.9. The lowest BCUT2D eigenvalue weighted by molar-refractivity contribution is 0.120. The molecule has 2 unspecified atom stereocenters. The summed E-state index contributed by atoms with van der Waals surface area (Å²) in [7, 11) is 0. The van der Waals surface area contributed by atoms with Crippen LogP contribution >= 0.6 is 0 Å². The summed E-state index contributed by atoms with van der Waals surface area (Å²) < 4.78 is 5.49. The molecule has 1 aliphatic rings. The minimum atomic E-state index is 0.178. The number of aliphatic hydroxyl groups excluding tert-OH is 1. The molecule has 2 N–H and O–H groups in total. The summed E-state index contributed by atoms with van der Waals surface area (Å²) in [6.45, 7) is 9.63. The van der Waals surface area contributed by atoms with E-state index in [1.165, 1.54) is 0 Å². The maximum Gasteiger partial charge on any atom is 0.0536 e. The molecule has 0 aromatic rings. The maximum absolute atomic E-state index is 9.14. The molecule has 0 aromatic heterocycles. The summed E-state index contributed by atoms with van der Waals surface area (Å²) in [4.78, 5) is 0. The monoisotopic (exact) mass is 229 g/mol. The molecule has 0 amide bonds. The standard InChI is InChI=1S/C13H27NO2/c1-4-12(11(2)3)14-9-13(5-7-15)6-8-16-10-13/h11-12,14-15H,4-10H2,1-3H3. The first-order chi connectivity index (χ1) is 7.63. The Kier molecular flexibility index (Phi) is 5.73. The predicted molar refractivity (Wildman–Crippen MR) is 66.5 cm³/mol. The van der Waals surface area contributed by atoms with Gasteiger partial charge in [0.25, 0.3) is 0 Å². The molecule has 1 aliphatic heterocycles. The predicted octanol–water partition coefficient (Wildman–Crippen LogP) is 1.80. The molecule has 2 atom stereocenters. The zero-order valence-corrected chi connectivity index (χ0v) is 11.0. The summed E-state index contributed by atoms with van der Waals surface area (Å²) in [6.07, 6.45) is 3.09. The van der Waals surface area contributed by atoms with Crippen LogP contribution in [0.15, 0.2) is 0 Å². The minimum absolute atomic E-state index is 0.178. The quantitative estimate of drug-likeness (QED) is 0.699. The molecule has 0 aromatic carbocycles. The fraction of sp³-hybridized carbons (Fsp3) is 1.00. The Morgan fingerprint density at radius 2 is 2.19 bits per heavy atom. The van der Waals surface area contributed by atoms with Gasteiger partial charge in [-0.2, -0.15) is 0 Å². The molecule has 0 bridgehead atoms. The van der Waals surface area contributed by atoms with Crippen molar-refractivity contribution < 1.29 is 9.84 Å². The van der Waals surface area contributed by atoms with Gasteiger partial charge in [-0.25, -0.2) is 0 Å². The van der Waals surface area contributed by atoms with E-state index in [1.54, 1.807) is 0 Å². The molecule has 96 valence electrons. The second-order valence-corrected chi connectivity index (χ2v) is 5.42. The SMILES string of the molecule is CCC(NCC1(CCO)CCOC1)C(C)C. The molecule has 1 fully saturated rings. The summed E-state index contributed by atoms with van der Waals surface area (Å²) in [5.74, 6) is 0.665. The van der Waals surface area contributed by atoms with Gasteiger partial charge in [-0.3, -0.25) is 0 Å². The Labute approximate surface area is 99.6 Å². The Hall–Kier alpha value is -0.120. The van der Waals surface area contributed by atoms with Gasteiger partial charge < -0.3 is 15.2 Å². The number of rotatable bonds is 7. The van der Waals surface area contributed by atoms with Crippen LogP contribution in [0.4, 0.5) is 0 Å². The van der Waals surface area contributed by atoms with Crippen LogP contribution in [0.2, 0.25) is 0 Å². The zero-order chi connectivity index (χ0) is 12.0. The summed E-state index contributed by atoms with van der Waals surface area (Å²) in [5.41, 5.74) is 0.178. The molecule has 0 radical (unpaired) electrons. The lowest BCUT2D eigenvalue weighted by atomic mass is 9.83. The van der Waals surface area contributed by atoms with Gasteiger partial charge >= 0.3 is 0 Å². The van der Waals surface area contributed by atoms with Crippen LogP contribution in [0.5, 0.6) is 0 Å². The van der Waals surface area contributed by atoms with Gasteiger partial charge in [0.05, 0.1) is 6.61 Å². The second-order valence-electron chi connectivity index (χ2n) is 5.42. The number of aliphatic hydroxyl groups is 1. The van der Waals surface area contributed by atoms with Gasteiger partial charge in [0.1, 0.15) is 0 Å². The van der Waals surface area contributed by atoms with Crippen molar-refractivity contribution in [1.29, 1.82) is 0 Å². The lowest BCUT2D eigenvalue weighted by Crippen LogP contribution is -2.42. The van der Waals surface area contributed by atoms with Crippen molar-refractivity contribution >= 4 is 0 Å². The normalized spacial score (nSPS) is 27.6. The van der Waals surface area contributed by atoms with Crippen LogP contribution in [-0.2, 0) is 4.74 Å². The summed E-state index contributed by atoms with van der Waals surface area (Å²) >= 11 is 0. The van der Waals surface area contributed by atoms with Crippen LogP contribution < -0.4 is 5.32 Å². The molecule has 0 aliphatic carbocycles. The highest BCUT2D eigenvalue weighted by molar-refractivity contribution is 4.86. The molecule has 16 heavy (non-hydrogen) atoms. The Morgan fingerprint density at radius 3 is 2.62 bits per heavy atom. The molecule has 3 nitrogen and oxygen atoms in total. The Morgan fingerprint density at radius 1 is 1.44 bits per heavy atom. The number of hydrogen-bond acceptors (Lipinski definition) is 3. The van der Waals surface area contributed by atoms with Crippen LogP contribution in [-0.4, -0.2) is 37.5 Å². The molecular weight excluding hydrogens is 202 g/mol. The average Bonchev–Trinajstić information content (AvgIpc) is 2.68. The molecular formula is C13H27NO2. The van der Waals surface area contributed by atoms with Gasteiger partial charge in [-0.1, -0.05) is 20.8 Å². The van der Waals surface area contributed by atoms with Crippen LogP contribution in [0.25, 0.3) is 0 Å². The Bertz CT molecular complexity index is 188. The van der Waals surface area contributed by atoms with Crippen molar-refractivity contribution in [2.45, 2.75) is 46.1 Å². The fourth-order valence-corrected chi connectivity index (χ4v) is 2.51. The van der Waals surface area contributed by atoms with E-state index in [0.29, 0.717) is 12.0 Å². The van der Waals surface area contributed by atoms with Crippen LogP contribution in [0.3, 0.4) is 0 Å². The second kappa shape index (κ2) is 6.58. The van der Waals surface area contributed by atoms with E-state index >= 15 is 0 Å². The summed E-state index contributed by atoms with van der Waals surface area (Å²) in [6, 6.07) is 0.580. The number of nitrogens with one attached hydrogen (secondary N) is 1. The number of hydrogen-bond donors (Lipinski definition) is 2. The minimum Gasteiger partial charge on any atom is -0.396 e. The highest BCUT2D eigenvalue weighted by atomic mass is 16.5. The van der Waals surface area contributed by atoms with Gasteiger partial charge in [0.2, 0.25) is 0 Å². The smallest absolute Gasteiger partial charge is 0.0536 e. The van der Waals surface area contributed by atoms with E-state index in [9.17, 15) is 0 Å². The van der Waals surface area contributed by atoms with Crippen molar-refractivity contribution in [2.24, 2.45) is 11.3 Å². The van der Waals surface area contributed by atoms with Crippen molar-refractivity contribution in [3.05, 3.63) is 0 Å². The van der Waals surface area contributed by atoms with E-state index in [-0.39, 0.29) is 12.0 Å². The maximum atomic E-state index is 9.14. The van der Waals surface area contributed by atoms with E-state index in [0.717, 1.165) is 39.0 Å². The van der Waals surface area contributed by atoms with E-state index in [2.05, 4.69) is 26.1 Å². The summed E-state index contributed by atoms with van der Waals surface area (Å²) in [5, 5.41) is 12.8. The first-order valence-corrected chi connectivity index (χ1v) is 6.55. The van der Waals surface area contributed by atoms with E-state index < -0.39 is 0 Å². The molecule has 1 saturated heterocycles. The van der Waals surface area contributed by atoms with Crippen molar-refractivity contribution in [3.8, 4) is 0 Å². The zero-order valence-electron chi connectivity index (χ0n) is 11.0. The van der Waals surface area contributed by atoms with Crippen LogP contribution in [0, 0.1) is 11.3 Å². The molecule has 3 heteroatoms. The van der Waals surface area contributed by atoms with E-state index in [1.807, 2.05) is 0 Å².